The van der Waals surface area contributed by atoms with E-state index >= 15 is 0 Å². The monoisotopic (exact) mass is 293 g/mol. The molecule has 0 saturated carbocycles. The topological polar surface area (TPSA) is 3.24 Å². The largest absolute Gasteiger partial charge is 0.289 e. The van der Waals surface area contributed by atoms with Crippen LogP contribution in [0, 0.1) is 5.82 Å². The summed E-state index contributed by atoms with van der Waals surface area (Å²) in [6.45, 7) is 0.997. The molecule has 2 unspecified atom stereocenters. The summed E-state index contributed by atoms with van der Waals surface area (Å²) in [6.07, 6.45) is 5.66. The van der Waals surface area contributed by atoms with Gasteiger partial charge in [-0.1, -0.05) is 54.6 Å². The van der Waals surface area contributed by atoms with E-state index < -0.39 is 0 Å². The number of halogens is 1. The van der Waals surface area contributed by atoms with Gasteiger partial charge in [-0.15, -0.1) is 0 Å². The molecule has 0 radical (unpaired) electrons. The SMILES string of the molecule is Fc1ccccc1C1=CC2CCC(C1)N2Cc1ccccc1. The van der Waals surface area contributed by atoms with E-state index in [1.54, 1.807) is 12.1 Å². The molecular formula is C20H20FN. The summed E-state index contributed by atoms with van der Waals surface area (Å²) >= 11 is 0. The molecule has 0 spiro atoms. The zero-order chi connectivity index (χ0) is 14.9. The molecule has 1 saturated heterocycles. The number of fused-ring (bicyclic) bond motifs is 2. The van der Waals surface area contributed by atoms with Crippen molar-refractivity contribution in [2.75, 3.05) is 0 Å². The molecule has 2 aromatic rings. The predicted octanol–water partition coefficient (Wildman–Crippen LogP) is 4.65. The van der Waals surface area contributed by atoms with Crippen molar-refractivity contribution in [3.63, 3.8) is 0 Å². The lowest BCUT2D eigenvalue weighted by Crippen LogP contribution is -2.37. The summed E-state index contributed by atoms with van der Waals surface area (Å²) < 4.78 is 14.0. The minimum absolute atomic E-state index is 0.0929. The minimum Gasteiger partial charge on any atom is -0.289 e. The molecule has 1 fully saturated rings. The Balaban J connectivity index is 1.59. The van der Waals surface area contributed by atoms with Crippen LogP contribution >= 0.6 is 0 Å². The first kappa shape index (κ1) is 13.7. The van der Waals surface area contributed by atoms with Crippen LogP contribution in [-0.4, -0.2) is 17.0 Å². The highest BCUT2D eigenvalue weighted by molar-refractivity contribution is 5.68. The smallest absolute Gasteiger partial charge is 0.130 e. The third kappa shape index (κ3) is 2.48. The van der Waals surface area contributed by atoms with Gasteiger partial charge in [-0.3, -0.25) is 4.90 Å². The van der Waals surface area contributed by atoms with Crippen LogP contribution < -0.4 is 0 Å². The Morgan fingerprint density at radius 2 is 1.73 bits per heavy atom. The lowest BCUT2D eigenvalue weighted by molar-refractivity contribution is 0.203. The van der Waals surface area contributed by atoms with Crippen molar-refractivity contribution in [1.29, 1.82) is 0 Å². The molecule has 2 atom stereocenters. The van der Waals surface area contributed by atoms with Gasteiger partial charge in [0.1, 0.15) is 5.82 Å². The normalized spacial score (nSPS) is 24.3. The van der Waals surface area contributed by atoms with E-state index in [1.807, 2.05) is 12.1 Å². The van der Waals surface area contributed by atoms with Crippen LogP contribution in [0.4, 0.5) is 4.39 Å². The van der Waals surface area contributed by atoms with Crippen LogP contribution in [0.3, 0.4) is 0 Å². The Hall–Kier alpha value is -1.93. The van der Waals surface area contributed by atoms with Gasteiger partial charge in [-0.25, -0.2) is 4.39 Å². The van der Waals surface area contributed by atoms with Crippen LogP contribution in [0.5, 0.6) is 0 Å². The van der Waals surface area contributed by atoms with Crippen LogP contribution in [0.2, 0.25) is 0 Å². The van der Waals surface area contributed by atoms with Crippen molar-refractivity contribution in [2.45, 2.75) is 37.9 Å². The fraction of sp³-hybridized carbons (Fsp3) is 0.300. The second-order valence-corrected chi connectivity index (χ2v) is 6.33. The fourth-order valence-electron chi connectivity index (χ4n) is 3.88. The second kappa shape index (κ2) is 5.69. The van der Waals surface area contributed by atoms with E-state index in [-0.39, 0.29) is 5.82 Å². The number of nitrogens with zero attached hydrogens (tertiary/aromatic N) is 1. The van der Waals surface area contributed by atoms with Gasteiger partial charge in [-0.2, -0.15) is 0 Å². The Kier molecular flexibility index (Phi) is 3.55. The molecule has 4 rings (SSSR count). The Labute approximate surface area is 131 Å². The quantitative estimate of drug-likeness (QED) is 0.796. The van der Waals surface area contributed by atoms with Gasteiger partial charge in [0.25, 0.3) is 0 Å². The first-order valence-corrected chi connectivity index (χ1v) is 8.06. The summed E-state index contributed by atoms with van der Waals surface area (Å²) in [5.41, 5.74) is 3.34. The third-order valence-corrected chi connectivity index (χ3v) is 4.97. The standard InChI is InChI=1S/C20H20FN/c21-20-9-5-4-8-19(20)16-12-17-10-11-18(13-16)22(17)14-15-6-2-1-3-7-15/h1-9,12,17-18H,10-11,13-14H2. The number of benzene rings is 2. The molecular weight excluding hydrogens is 273 g/mol. The summed E-state index contributed by atoms with van der Waals surface area (Å²) in [4.78, 5) is 2.58. The molecule has 22 heavy (non-hydrogen) atoms. The molecule has 2 aliphatic rings. The van der Waals surface area contributed by atoms with Gasteiger partial charge in [0.15, 0.2) is 0 Å². The van der Waals surface area contributed by atoms with E-state index in [2.05, 4.69) is 41.3 Å². The lowest BCUT2D eigenvalue weighted by Gasteiger charge is -2.34. The van der Waals surface area contributed by atoms with Crippen molar-refractivity contribution in [1.82, 2.24) is 4.90 Å². The maximum atomic E-state index is 14.0. The zero-order valence-corrected chi connectivity index (χ0v) is 12.6. The van der Waals surface area contributed by atoms with E-state index in [0.717, 1.165) is 18.5 Å². The van der Waals surface area contributed by atoms with Crippen molar-refractivity contribution in [3.05, 3.63) is 77.6 Å². The first-order chi connectivity index (χ1) is 10.8. The van der Waals surface area contributed by atoms with Gasteiger partial charge < -0.3 is 0 Å². The highest BCUT2D eigenvalue weighted by atomic mass is 19.1. The van der Waals surface area contributed by atoms with Crippen LogP contribution in [-0.2, 0) is 6.54 Å². The van der Waals surface area contributed by atoms with E-state index in [4.69, 9.17) is 0 Å². The van der Waals surface area contributed by atoms with E-state index in [1.165, 1.54) is 24.0 Å². The Morgan fingerprint density at radius 1 is 0.955 bits per heavy atom. The summed E-state index contributed by atoms with van der Waals surface area (Å²) in [5.74, 6) is -0.0929. The predicted molar refractivity (Wildman–Crippen MR) is 87.8 cm³/mol. The van der Waals surface area contributed by atoms with Gasteiger partial charge in [0, 0.05) is 24.2 Å². The van der Waals surface area contributed by atoms with Crippen molar-refractivity contribution < 1.29 is 4.39 Å². The number of hydrogen-bond donors (Lipinski definition) is 0. The average molecular weight is 293 g/mol. The summed E-state index contributed by atoms with van der Waals surface area (Å²) in [6, 6.07) is 18.8. The molecule has 2 aliphatic heterocycles. The van der Waals surface area contributed by atoms with Gasteiger partial charge in [0.05, 0.1) is 0 Å². The van der Waals surface area contributed by atoms with Crippen molar-refractivity contribution in [2.24, 2.45) is 0 Å². The lowest BCUT2D eigenvalue weighted by atomic mass is 9.94. The minimum atomic E-state index is -0.0929. The molecule has 2 bridgehead atoms. The fourth-order valence-corrected chi connectivity index (χ4v) is 3.88. The molecule has 2 heteroatoms. The summed E-state index contributed by atoms with van der Waals surface area (Å²) in [5, 5.41) is 0. The summed E-state index contributed by atoms with van der Waals surface area (Å²) in [7, 11) is 0. The maximum Gasteiger partial charge on any atom is 0.130 e. The zero-order valence-electron chi connectivity index (χ0n) is 12.6. The van der Waals surface area contributed by atoms with Gasteiger partial charge in [0.2, 0.25) is 0 Å². The maximum absolute atomic E-state index is 14.0. The number of rotatable bonds is 3. The van der Waals surface area contributed by atoms with Crippen molar-refractivity contribution >= 4 is 5.57 Å². The molecule has 1 nitrogen and oxygen atoms in total. The van der Waals surface area contributed by atoms with Crippen LogP contribution in [0.15, 0.2) is 60.7 Å². The van der Waals surface area contributed by atoms with E-state index in [9.17, 15) is 4.39 Å². The Morgan fingerprint density at radius 3 is 2.50 bits per heavy atom. The van der Waals surface area contributed by atoms with Crippen LogP contribution in [0.1, 0.15) is 30.4 Å². The molecule has 0 aromatic heterocycles. The number of hydrogen-bond acceptors (Lipinski definition) is 1. The molecule has 0 aliphatic carbocycles. The van der Waals surface area contributed by atoms with E-state index in [0.29, 0.717) is 12.1 Å². The second-order valence-electron chi connectivity index (χ2n) is 6.33. The van der Waals surface area contributed by atoms with Gasteiger partial charge in [-0.05, 0) is 36.5 Å². The molecule has 112 valence electrons. The highest BCUT2D eigenvalue weighted by Crippen LogP contribution is 2.39. The third-order valence-electron chi connectivity index (χ3n) is 4.97. The molecule has 0 N–H and O–H groups in total. The van der Waals surface area contributed by atoms with Crippen molar-refractivity contribution in [3.8, 4) is 0 Å². The van der Waals surface area contributed by atoms with Gasteiger partial charge >= 0.3 is 0 Å². The first-order valence-electron chi connectivity index (χ1n) is 8.06. The Bertz CT molecular complexity index is 692. The average Bonchev–Trinajstić information content (AvgIpc) is 2.78. The molecule has 0 amide bonds. The highest BCUT2D eigenvalue weighted by Gasteiger charge is 2.36. The molecule has 2 heterocycles. The van der Waals surface area contributed by atoms with Crippen LogP contribution in [0.25, 0.3) is 5.57 Å². The molecule has 2 aromatic carbocycles.